The maximum atomic E-state index is 10.6. The zero-order valence-electron chi connectivity index (χ0n) is 7.26. The van der Waals surface area contributed by atoms with Gasteiger partial charge in [0.2, 0.25) is 0 Å². The summed E-state index contributed by atoms with van der Waals surface area (Å²) in [4.78, 5) is 10.6. The lowest BCUT2D eigenvalue weighted by Crippen LogP contribution is -2.06. The van der Waals surface area contributed by atoms with Crippen molar-refractivity contribution in [1.29, 1.82) is 0 Å². The summed E-state index contributed by atoms with van der Waals surface area (Å²) in [5.74, 6) is 0.0825. The van der Waals surface area contributed by atoms with E-state index in [0.717, 1.165) is 6.42 Å². The minimum atomic E-state index is -0.386. The van der Waals surface area contributed by atoms with Gasteiger partial charge in [0.1, 0.15) is 0 Å². The molecule has 64 valence electrons. The van der Waals surface area contributed by atoms with E-state index >= 15 is 0 Å². The molecule has 0 radical (unpaired) electrons. The highest BCUT2D eigenvalue weighted by molar-refractivity contribution is 5.82. The van der Waals surface area contributed by atoms with Gasteiger partial charge in [0.15, 0.2) is 0 Å². The van der Waals surface area contributed by atoms with Crippen LogP contribution in [0.3, 0.4) is 0 Å². The van der Waals surface area contributed by atoms with Crippen LogP contribution >= 0.6 is 0 Å². The van der Waals surface area contributed by atoms with Crippen LogP contribution in [-0.4, -0.2) is 13.1 Å². The van der Waals surface area contributed by atoms with Crippen LogP contribution in [0.1, 0.15) is 20.3 Å². The summed E-state index contributed by atoms with van der Waals surface area (Å²) in [6, 6.07) is 0. The molecule has 0 aliphatic rings. The van der Waals surface area contributed by atoms with E-state index in [1.807, 2.05) is 13.8 Å². The van der Waals surface area contributed by atoms with Crippen LogP contribution in [-0.2, 0) is 9.53 Å². The second kappa shape index (κ2) is 4.77. The number of carbonyl (C=O) groups is 1. The Balaban J connectivity index is 3.90. The molecule has 11 heavy (non-hydrogen) atoms. The molecule has 0 atom stereocenters. The Morgan fingerprint density at radius 1 is 1.64 bits per heavy atom. The van der Waals surface area contributed by atoms with Crippen LogP contribution in [0.2, 0.25) is 0 Å². The molecule has 0 aliphatic heterocycles. The number of carbonyl (C=O) groups excluding carboxylic acids is 1. The molecule has 0 saturated heterocycles. The average molecular weight is 157 g/mol. The van der Waals surface area contributed by atoms with Crippen LogP contribution in [0.15, 0.2) is 11.8 Å². The Bertz CT molecular complexity index is 161. The molecule has 0 spiro atoms. The number of hydrogen-bond donors (Lipinski definition) is 1. The molecule has 0 saturated carbocycles. The molecule has 0 aromatic heterocycles. The van der Waals surface area contributed by atoms with Crippen molar-refractivity contribution in [2.45, 2.75) is 20.3 Å². The van der Waals surface area contributed by atoms with Crippen molar-refractivity contribution in [3.8, 4) is 0 Å². The first-order valence-electron chi connectivity index (χ1n) is 3.60. The van der Waals surface area contributed by atoms with Crippen LogP contribution in [0.5, 0.6) is 0 Å². The molecule has 0 aromatic rings. The first-order chi connectivity index (χ1) is 5.06. The lowest BCUT2D eigenvalue weighted by Gasteiger charge is -2.03. The van der Waals surface area contributed by atoms with Crippen LogP contribution < -0.4 is 5.73 Å². The molecule has 3 nitrogen and oxygen atoms in total. The Labute approximate surface area is 67.2 Å². The highest BCUT2D eigenvalue weighted by Gasteiger charge is 1.99. The SMILES string of the molecule is COC(=O)C=C(N)CC(C)C. The van der Waals surface area contributed by atoms with Gasteiger partial charge >= 0.3 is 5.97 Å². The van der Waals surface area contributed by atoms with Crippen molar-refractivity contribution in [2.24, 2.45) is 11.7 Å². The Morgan fingerprint density at radius 2 is 2.18 bits per heavy atom. The smallest absolute Gasteiger partial charge is 0.332 e. The number of allylic oxidation sites excluding steroid dienone is 1. The summed E-state index contributed by atoms with van der Waals surface area (Å²) in [6.07, 6.45) is 2.05. The highest BCUT2D eigenvalue weighted by atomic mass is 16.5. The summed E-state index contributed by atoms with van der Waals surface area (Å²) in [7, 11) is 1.33. The van der Waals surface area contributed by atoms with Gasteiger partial charge in [-0.3, -0.25) is 0 Å². The molecule has 0 aromatic carbocycles. The fraction of sp³-hybridized carbons (Fsp3) is 0.625. The molecule has 0 amide bonds. The largest absolute Gasteiger partial charge is 0.466 e. The topological polar surface area (TPSA) is 52.3 Å². The summed E-state index contributed by atoms with van der Waals surface area (Å²) < 4.78 is 4.41. The zero-order valence-corrected chi connectivity index (χ0v) is 7.26. The predicted molar refractivity (Wildman–Crippen MR) is 43.7 cm³/mol. The first-order valence-corrected chi connectivity index (χ1v) is 3.60. The van der Waals surface area contributed by atoms with Gasteiger partial charge in [-0.1, -0.05) is 13.8 Å². The second-order valence-electron chi connectivity index (χ2n) is 2.84. The third-order valence-corrected chi connectivity index (χ3v) is 1.15. The molecular formula is C8H15NO2. The molecular weight excluding hydrogens is 142 g/mol. The van der Waals surface area contributed by atoms with Crippen molar-refractivity contribution < 1.29 is 9.53 Å². The minimum Gasteiger partial charge on any atom is -0.466 e. The molecule has 0 heterocycles. The van der Waals surface area contributed by atoms with Gasteiger partial charge in [-0.15, -0.1) is 0 Å². The fourth-order valence-corrected chi connectivity index (χ4v) is 0.741. The number of rotatable bonds is 3. The number of ether oxygens (including phenoxy) is 1. The Kier molecular flexibility index (Phi) is 4.34. The fourth-order valence-electron chi connectivity index (χ4n) is 0.741. The Morgan fingerprint density at radius 3 is 2.55 bits per heavy atom. The van der Waals surface area contributed by atoms with Gasteiger partial charge in [0.05, 0.1) is 7.11 Å². The first kappa shape index (κ1) is 10.0. The van der Waals surface area contributed by atoms with Gasteiger partial charge in [0, 0.05) is 11.8 Å². The van der Waals surface area contributed by atoms with E-state index in [9.17, 15) is 4.79 Å². The van der Waals surface area contributed by atoms with Crippen molar-refractivity contribution in [1.82, 2.24) is 0 Å². The molecule has 2 N–H and O–H groups in total. The summed E-state index contributed by atoms with van der Waals surface area (Å²) >= 11 is 0. The van der Waals surface area contributed by atoms with Crippen LogP contribution in [0.25, 0.3) is 0 Å². The van der Waals surface area contributed by atoms with E-state index in [4.69, 9.17) is 5.73 Å². The van der Waals surface area contributed by atoms with Crippen molar-refractivity contribution in [3.05, 3.63) is 11.8 Å². The van der Waals surface area contributed by atoms with Gasteiger partial charge in [0.25, 0.3) is 0 Å². The maximum absolute atomic E-state index is 10.6. The number of methoxy groups -OCH3 is 1. The Hall–Kier alpha value is -0.990. The van der Waals surface area contributed by atoms with E-state index in [2.05, 4.69) is 4.74 Å². The molecule has 3 heteroatoms. The average Bonchev–Trinajstić information content (AvgIpc) is 1.85. The third kappa shape index (κ3) is 5.45. The summed E-state index contributed by atoms with van der Waals surface area (Å²) in [6.45, 7) is 4.08. The minimum absolute atomic E-state index is 0.386. The number of esters is 1. The second-order valence-corrected chi connectivity index (χ2v) is 2.84. The summed E-state index contributed by atoms with van der Waals surface area (Å²) in [5.41, 5.74) is 6.09. The van der Waals surface area contributed by atoms with Gasteiger partial charge < -0.3 is 10.5 Å². The summed E-state index contributed by atoms with van der Waals surface area (Å²) in [5, 5.41) is 0. The number of nitrogens with two attached hydrogens (primary N) is 1. The molecule has 0 unspecified atom stereocenters. The van der Waals surface area contributed by atoms with Crippen molar-refractivity contribution >= 4 is 5.97 Å². The van der Waals surface area contributed by atoms with Crippen molar-refractivity contribution in [2.75, 3.05) is 7.11 Å². The molecule has 0 aliphatic carbocycles. The van der Waals surface area contributed by atoms with Gasteiger partial charge in [-0.2, -0.15) is 0 Å². The molecule has 0 rings (SSSR count). The molecule has 0 bridgehead atoms. The van der Waals surface area contributed by atoms with Gasteiger partial charge in [-0.25, -0.2) is 4.79 Å². The van der Waals surface area contributed by atoms with Crippen LogP contribution in [0.4, 0.5) is 0 Å². The van der Waals surface area contributed by atoms with E-state index in [0.29, 0.717) is 11.6 Å². The van der Waals surface area contributed by atoms with E-state index < -0.39 is 0 Å². The normalized spacial score (nSPS) is 11.8. The quantitative estimate of drug-likeness (QED) is 0.492. The zero-order chi connectivity index (χ0) is 8.85. The van der Waals surface area contributed by atoms with E-state index in [1.165, 1.54) is 13.2 Å². The number of hydrogen-bond acceptors (Lipinski definition) is 3. The predicted octanol–water partition coefficient (Wildman–Crippen LogP) is 1.05. The molecule has 0 fully saturated rings. The lowest BCUT2D eigenvalue weighted by molar-refractivity contribution is -0.134. The van der Waals surface area contributed by atoms with Crippen LogP contribution in [0, 0.1) is 5.92 Å². The van der Waals surface area contributed by atoms with E-state index in [-0.39, 0.29) is 5.97 Å². The van der Waals surface area contributed by atoms with E-state index in [1.54, 1.807) is 0 Å². The lowest BCUT2D eigenvalue weighted by atomic mass is 10.1. The standard InChI is InChI=1S/C8H15NO2/c1-6(2)4-7(9)5-8(10)11-3/h5-6H,4,9H2,1-3H3. The van der Waals surface area contributed by atoms with Gasteiger partial charge in [-0.05, 0) is 12.3 Å². The monoisotopic (exact) mass is 157 g/mol. The maximum Gasteiger partial charge on any atom is 0.332 e. The highest BCUT2D eigenvalue weighted by Crippen LogP contribution is 2.04. The van der Waals surface area contributed by atoms with Crippen molar-refractivity contribution in [3.63, 3.8) is 0 Å². The third-order valence-electron chi connectivity index (χ3n) is 1.15.